The first kappa shape index (κ1) is 13.3. The van der Waals surface area contributed by atoms with E-state index in [1.165, 1.54) is 0 Å². The maximum Gasteiger partial charge on any atom is 0.251 e. The Bertz CT molecular complexity index is 267. The Labute approximate surface area is 111 Å². The Kier molecular flexibility index (Phi) is 4.82. The number of piperazine rings is 1. The summed E-state index contributed by atoms with van der Waals surface area (Å²) in [4.78, 5) is 16.5. The summed E-state index contributed by atoms with van der Waals surface area (Å²) in [5.41, 5.74) is 0. The molecular formula is C12H21BrN2O2. The molecule has 2 saturated heterocycles. The van der Waals surface area contributed by atoms with E-state index in [1.807, 2.05) is 11.8 Å². The zero-order valence-corrected chi connectivity index (χ0v) is 12.0. The predicted octanol–water partition coefficient (Wildman–Crippen LogP) is 1.09. The molecule has 2 heterocycles. The van der Waals surface area contributed by atoms with Crippen molar-refractivity contribution < 1.29 is 9.53 Å². The van der Waals surface area contributed by atoms with Crippen LogP contribution in [0.1, 0.15) is 19.8 Å². The number of alkyl halides is 1. The van der Waals surface area contributed by atoms with Gasteiger partial charge in [-0.25, -0.2) is 0 Å². The third-order valence-corrected chi connectivity index (χ3v) is 3.95. The molecule has 0 spiro atoms. The predicted molar refractivity (Wildman–Crippen MR) is 70.4 cm³/mol. The standard InChI is InChI=1S/C12H21BrN2O2/c1-10-2-3-11(17-10)12(16)15-8-6-14(5-4-13)7-9-15/h10-11H,2-9H2,1H3. The second-order valence-corrected chi connectivity index (χ2v) is 5.66. The monoisotopic (exact) mass is 304 g/mol. The summed E-state index contributed by atoms with van der Waals surface area (Å²) in [5, 5.41) is 1.00. The number of rotatable bonds is 3. The van der Waals surface area contributed by atoms with E-state index in [2.05, 4.69) is 20.8 Å². The van der Waals surface area contributed by atoms with Gasteiger partial charge in [-0.3, -0.25) is 9.69 Å². The topological polar surface area (TPSA) is 32.8 Å². The molecule has 2 aliphatic heterocycles. The van der Waals surface area contributed by atoms with E-state index in [4.69, 9.17) is 4.74 Å². The molecule has 17 heavy (non-hydrogen) atoms. The molecule has 0 radical (unpaired) electrons. The lowest BCUT2D eigenvalue weighted by molar-refractivity contribution is -0.144. The Balaban J connectivity index is 1.78. The molecule has 4 nitrogen and oxygen atoms in total. The lowest BCUT2D eigenvalue weighted by atomic mass is 10.2. The highest BCUT2D eigenvalue weighted by Crippen LogP contribution is 2.21. The molecule has 0 saturated carbocycles. The molecular weight excluding hydrogens is 284 g/mol. The van der Waals surface area contributed by atoms with Gasteiger partial charge < -0.3 is 9.64 Å². The molecule has 0 N–H and O–H groups in total. The number of carbonyl (C=O) groups is 1. The first-order chi connectivity index (χ1) is 8.20. The summed E-state index contributed by atoms with van der Waals surface area (Å²) in [7, 11) is 0. The van der Waals surface area contributed by atoms with Crippen molar-refractivity contribution in [1.29, 1.82) is 0 Å². The summed E-state index contributed by atoms with van der Waals surface area (Å²) in [6.45, 7) is 6.78. The minimum Gasteiger partial charge on any atom is -0.365 e. The Morgan fingerprint density at radius 2 is 2.00 bits per heavy atom. The molecule has 2 rings (SSSR count). The van der Waals surface area contributed by atoms with Crippen LogP contribution in [-0.4, -0.2) is 66.0 Å². The van der Waals surface area contributed by atoms with Crippen molar-refractivity contribution in [3.8, 4) is 0 Å². The van der Waals surface area contributed by atoms with E-state index in [0.717, 1.165) is 50.9 Å². The zero-order chi connectivity index (χ0) is 12.3. The maximum atomic E-state index is 12.2. The average molecular weight is 305 g/mol. The van der Waals surface area contributed by atoms with Gasteiger partial charge in [0.2, 0.25) is 0 Å². The van der Waals surface area contributed by atoms with Gasteiger partial charge in [0.15, 0.2) is 0 Å². The van der Waals surface area contributed by atoms with Crippen molar-refractivity contribution in [2.24, 2.45) is 0 Å². The van der Waals surface area contributed by atoms with Gasteiger partial charge in [-0.15, -0.1) is 0 Å². The normalized spacial score (nSPS) is 30.8. The summed E-state index contributed by atoms with van der Waals surface area (Å²) >= 11 is 3.45. The maximum absolute atomic E-state index is 12.2. The zero-order valence-electron chi connectivity index (χ0n) is 10.4. The Hall–Kier alpha value is -0.130. The van der Waals surface area contributed by atoms with Crippen LogP contribution in [0, 0.1) is 0 Å². The van der Waals surface area contributed by atoms with Gasteiger partial charge in [0, 0.05) is 38.1 Å². The number of halogens is 1. The number of hydrogen-bond acceptors (Lipinski definition) is 3. The van der Waals surface area contributed by atoms with E-state index in [-0.39, 0.29) is 18.1 Å². The van der Waals surface area contributed by atoms with Gasteiger partial charge >= 0.3 is 0 Å². The molecule has 0 aromatic rings. The van der Waals surface area contributed by atoms with E-state index in [9.17, 15) is 4.79 Å². The number of carbonyl (C=O) groups excluding carboxylic acids is 1. The van der Waals surface area contributed by atoms with E-state index >= 15 is 0 Å². The highest BCUT2D eigenvalue weighted by Gasteiger charge is 2.32. The third kappa shape index (κ3) is 3.42. The van der Waals surface area contributed by atoms with Gasteiger partial charge in [-0.1, -0.05) is 15.9 Å². The van der Waals surface area contributed by atoms with Crippen LogP contribution in [0.25, 0.3) is 0 Å². The fraction of sp³-hybridized carbons (Fsp3) is 0.917. The summed E-state index contributed by atoms with van der Waals surface area (Å²) in [6, 6.07) is 0. The van der Waals surface area contributed by atoms with Gasteiger partial charge in [0.05, 0.1) is 6.10 Å². The average Bonchev–Trinajstić information content (AvgIpc) is 2.76. The quantitative estimate of drug-likeness (QED) is 0.732. The Morgan fingerprint density at radius 1 is 1.29 bits per heavy atom. The summed E-state index contributed by atoms with van der Waals surface area (Å²) < 4.78 is 5.64. The molecule has 0 aliphatic carbocycles. The fourth-order valence-electron chi connectivity index (χ4n) is 2.50. The Morgan fingerprint density at radius 3 is 2.53 bits per heavy atom. The number of hydrogen-bond donors (Lipinski definition) is 0. The number of nitrogens with zero attached hydrogens (tertiary/aromatic N) is 2. The van der Waals surface area contributed by atoms with Gasteiger partial charge in [0.25, 0.3) is 5.91 Å². The molecule has 2 aliphatic rings. The van der Waals surface area contributed by atoms with Gasteiger partial charge in [-0.2, -0.15) is 0 Å². The van der Waals surface area contributed by atoms with Crippen molar-refractivity contribution in [1.82, 2.24) is 9.80 Å². The van der Waals surface area contributed by atoms with Crippen LogP contribution in [0.3, 0.4) is 0 Å². The smallest absolute Gasteiger partial charge is 0.251 e. The van der Waals surface area contributed by atoms with E-state index in [1.54, 1.807) is 0 Å². The highest BCUT2D eigenvalue weighted by molar-refractivity contribution is 9.09. The van der Waals surface area contributed by atoms with Gasteiger partial charge in [-0.05, 0) is 19.8 Å². The molecule has 0 bridgehead atoms. The number of amides is 1. The molecule has 1 amide bonds. The second-order valence-electron chi connectivity index (χ2n) is 4.87. The van der Waals surface area contributed by atoms with Crippen LogP contribution in [0.2, 0.25) is 0 Å². The first-order valence-electron chi connectivity index (χ1n) is 6.43. The molecule has 2 atom stereocenters. The van der Waals surface area contributed by atoms with Crippen molar-refractivity contribution in [2.45, 2.75) is 32.0 Å². The molecule has 2 unspecified atom stereocenters. The highest BCUT2D eigenvalue weighted by atomic mass is 79.9. The van der Waals surface area contributed by atoms with Crippen LogP contribution < -0.4 is 0 Å². The molecule has 98 valence electrons. The SMILES string of the molecule is CC1CCC(C(=O)N2CCN(CCBr)CC2)O1. The van der Waals surface area contributed by atoms with Crippen LogP contribution in [0.15, 0.2) is 0 Å². The van der Waals surface area contributed by atoms with Crippen LogP contribution in [0.4, 0.5) is 0 Å². The number of ether oxygens (including phenoxy) is 1. The van der Waals surface area contributed by atoms with Crippen LogP contribution >= 0.6 is 15.9 Å². The van der Waals surface area contributed by atoms with Crippen molar-refractivity contribution in [3.63, 3.8) is 0 Å². The van der Waals surface area contributed by atoms with Crippen LogP contribution in [0.5, 0.6) is 0 Å². The molecule has 0 aromatic carbocycles. The molecule has 0 aromatic heterocycles. The largest absolute Gasteiger partial charge is 0.365 e. The fourth-order valence-corrected chi connectivity index (χ4v) is 3.00. The minimum atomic E-state index is -0.173. The van der Waals surface area contributed by atoms with E-state index < -0.39 is 0 Å². The van der Waals surface area contributed by atoms with Crippen molar-refractivity contribution in [3.05, 3.63) is 0 Å². The summed E-state index contributed by atoms with van der Waals surface area (Å²) in [5.74, 6) is 0.202. The third-order valence-electron chi connectivity index (χ3n) is 3.59. The second kappa shape index (κ2) is 6.16. The van der Waals surface area contributed by atoms with E-state index in [0.29, 0.717) is 0 Å². The van der Waals surface area contributed by atoms with Crippen LogP contribution in [-0.2, 0) is 9.53 Å². The van der Waals surface area contributed by atoms with Gasteiger partial charge in [0.1, 0.15) is 6.10 Å². The molecule has 5 heteroatoms. The van der Waals surface area contributed by atoms with Crippen molar-refractivity contribution >= 4 is 21.8 Å². The molecule has 2 fully saturated rings. The lowest BCUT2D eigenvalue weighted by Crippen LogP contribution is -2.51. The lowest BCUT2D eigenvalue weighted by Gasteiger charge is -2.35. The summed E-state index contributed by atoms with van der Waals surface area (Å²) in [6.07, 6.45) is 1.98. The minimum absolute atomic E-state index is 0.173. The van der Waals surface area contributed by atoms with Crippen molar-refractivity contribution in [2.75, 3.05) is 38.1 Å². The first-order valence-corrected chi connectivity index (χ1v) is 7.55.